The number of methoxy groups -OCH3 is 1. The van der Waals surface area contributed by atoms with Crippen molar-refractivity contribution in [2.24, 2.45) is 5.73 Å². The largest absolute Gasteiger partial charge is 0.465 e. The van der Waals surface area contributed by atoms with Gasteiger partial charge in [-0.15, -0.1) is 0 Å². The highest BCUT2D eigenvalue weighted by Gasteiger charge is 2.16. The molecule has 0 atom stereocenters. The molecule has 78 valence electrons. The minimum absolute atomic E-state index is 0.179. The Kier molecular flexibility index (Phi) is 3.83. The lowest BCUT2D eigenvalue weighted by atomic mass is 10.0. The number of hydrogen-bond acceptors (Lipinski definition) is 4. The second-order valence-electron chi connectivity index (χ2n) is 2.80. The SMILES string of the molecule is COC(=O)c1c(Br)cc(C#N)cc1CN. The molecule has 1 rings (SSSR count). The van der Waals surface area contributed by atoms with E-state index in [1.807, 2.05) is 6.07 Å². The molecule has 1 aromatic rings. The summed E-state index contributed by atoms with van der Waals surface area (Å²) in [6.45, 7) is 0.179. The number of carbonyl (C=O) groups is 1. The molecule has 1 aromatic carbocycles. The van der Waals surface area contributed by atoms with Crippen LogP contribution in [0.2, 0.25) is 0 Å². The van der Waals surface area contributed by atoms with Gasteiger partial charge >= 0.3 is 5.97 Å². The van der Waals surface area contributed by atoms with Crippen LogP contribution in [-0.4, -0.2) is 13.1 Å². The van der Waals surface area contributed by atoms with Crippen LogP contribution in [0.4, 0.5) is 0 Å². The number of hydrogen-bond donors (Lipinski definition) is 1. The summed E-state index contributed by atoms with van der Waals surface area (Å²) in [6.07, 6.45) is 0. The van der Waals surface area contributed by atoms with Crippen LogP contribution in [0.25, 0.3) is 0 Å². The number of nitriles is 1. The fraction of sp³-hybridized carbons (Fsp3) is 0.200. The molecule has 0 bridgehead atoms. The molecule has 0 unspecified atom stereocenters. The van der Waals surface area contributed by atoms with E-state index in [1.54, 1.807) is 12.1 Å². The van der Waals surface area contributed by atoms with Crippen molar-refractivity contribution in [3.8, 4) is 6.07 Å². The first-order chi connectivity index (χ1) is 7.13. The zero-order valence-electron chi connectivity index (χ0n) is 8.08. The van der Waals surface area contributed by atoms with Gasteiger partial charge in [-0.1, -0.05) is 0 Å². The van der Waals surface area contributed by atoms with E-state index in [0.29, 0.717) is 21.2 Å². The molecule has 0 heterocycles. The van der Waals surface area contributed by atoms with E-state index < -0.39 is 5.97 Å². The van der Waals surface area contributed by atoms with Gasteiger partial charge in [0.2, 0.25) is 0 Å². The Morgan fingerprint density at radius 2 is 2.33 bits per heavy atom. The third kappa shape index (κ3) is 2.35. The fourth-order valence-corrected chi connectivity index (χ4v) is 1.88. The predicted octanol–water partition coefficient (Wildman–Crippen LogP) is 1.57. The number of nitrogens with zero attached hydrogens (tertiary/aromatic N) is 1. The normalized spacial score (nSPS) is 9.47. The third-order valence-corrected chi connectivity index (χ3v) is 2.54. The van der Waals surface area contributed by atoms with Gasteiger partial charge in [-0.25, -0.2) is 4.79 Å². The average Bonchev–Trinajstić information content (AvgIpc) is 2.26. The van der Waals surface area contributed by atoms with Crippen LogP contribution in [0.5, 0.6) is 0 Å². The van der Waals surface area contributed by atoms with E-state index in [4.69, 9.17) is 11.0 Å². The summed E-state index contributed by atoms with van der Waals surface area (Å²) < 4.78 is 5.15. The summed E-state index contributed by atoms with van der Waals surface area (Å²) >= 11 is 3.21. The first kappa shape index (κ1) is 11.7. The Labute approximate surface area is 95.8 Å². The van der Waals surface area contributed by atoms with Crippen molar-refractivity contribution in [1.82, 2.24) is 0 Å². The molecule has 0 amide bonds. The topological polar surface area (TPSA) is 76.1 Å². The second-order valence-corrected chi connectivity index (χ2v) is 3.65. The Bertz CT molecular complexity index is 438. The lowest BCUT2D eigenvalue weighted by Gasteiger charge is -2.08. The van der Waals surface area contributed by atoms with Crippen molar-refractivity contribution in [2.75, 3.05) is 7.11 Å². The van der Waals surface area contributed by atoms with Crippen molar-refractivity contribution in [3.05, 3.63) is 33.3 Å². The maximum atomic E-state index is 11.4. The van der Waals surface area contributed by atoms with Crippen LogP contribution in [0.15, 0.2) is 16.6 Å². The van der Waals surface area contributed by atoms with Gasteiger partial charge in [0.1, 0.15) is 0 Å². The summed E-state index contributed by atoms with van der Waals surface area (Å²) in [4.78, 5) is 11.4. The fourth-order valence-electron chi connectivity index (χ4n) is 1.22. The van der Waals surface area contributed by atoms with Gasteiger partial charge in [0.25, 0.3) is 0 Å². The smallest absolute Gasteiger partial charge is 0.339 e. The summed E-state index contributed by atoms with van der Waals surface area (Å²) in [5, 5.41) is 8.74. The van der Waals surface area contributed by atoms with E-state index in [9.17, 15) is 4.79 Å². The number of ether oxygens (including phenoxy) is 1. The van der Waals surface area contributed by atoms with E-state index in [0.717, 1.165) is 0 Å². The van der Waals surface area contributed by atoms with E-state index in [1.165, 1.54) is 7.11 Å². The molecule has 0 aromatic heterocycles. The molecule has 0 saturated heterocycles. The maximum absolute atomic E-state index is 11.4. The summed E-state index contributed by atoms with van der Waals surface area (Å²) in [5.74, 6) is -0.466. The van der Waals surface area contributed by atoms with Crippen LogP contribution < -0.4 is 5.73 Å². The molecule has 0 saturated carbocycles. The Balaban J connectivity index is 3.39. The predicted molar refractivity (Wildman–Crippen MR) is 58.1 cm³/mol. The molecule has 15 heavy (non-hydrogen) atoms. The van der Waals surface area contributed by atoms with Gasteiger partial charge in [-0.2, -0.15) is 5.26 Å². The highest BCUT2D eigenvalue weighted by Crippen LogP contribution is 2.23. The van der Waals surface area contributed by atoms with Crippen LogP contribution in [0.3, 0.4) is 0 Å². The minimum Gasteiger partial charge on any atom is -0.465 e. The van der Waals surface area contributed by atoms with Crippen molar-refractivity contribution >= 4 is 21.9 Å². The number of carbonyl (C=O) groups excluding carboxylic acids is 1. The lowest BCUT2D eigenvalue weighted by Crippen LogP contribution is -2.10. The van der Waals surface area contributed by atoms with Crippen LogP contribution in [0, 0.1) is 11.3 Å². The number of rotatable bonds is 2. The zero-order chi connectivity index (χ0) is 11.4. The monoisotopic (exact) mass is 268 g/mol. The van der Waals surface area contributed by atoms with Gasteiger partial charge in [0.05, 0.1) is 24.3 Å². The molecule has 4 nitrogen and oxygen atoms in total. The van der Waals surface area contributed by atoms with Crippen molar-refractivity contribution in [2.45, 2.75) is 6.54 Å². The van der Waals surface area contributed by atoms with Crippen molar-refractivity contribution in [1.29, 1.82) is 5.26 Å². The molecule has 0 fully saturated rings. The summed E-state index contributed by atoms with van der Waals surface area (Å²) in [6, 6.07) is 5.13. The molecule has 0 aliphatic rings. The number of halogens is 1. The molecule has 2 N–H and O–H groups in total. The standard InChI is InChI=1S/C10H9BrN2O2/c1-15-10(14)9-7(5-13)2-6(4-12)3-8(9)11/h2-3H,5,13H2,1H3. The average molecular weight is 269 g/mol. The summed E-state index contributed by atoms with van der Waals surface area (Å²) in [5.41, 5.74) is 6.92. The van der Waals surface area contributed by atoms with E-state index in [2.05, 4.69) is 20.7 Å². The number of benzene rings is 1. The number of esters is 1. The molecular formula is C10H9BrN2O2. The van der Waals surface area contributed by atoms with Gasteiger partial charge in [0, 0.05) is 11.0 Å². The zero-order valence-corrected chi connectivity index (χ0v) is 9.67. The van der Waals surface area contributed by atoms with Crippen molar-refractivity contribution in [3.63, 3.8) is 0 Å². The minimum atomic E-state index is -0.466. The van der Waals surface area contributed by atoms with Crippen molar-refractivity contribution < 1.29 is 9.53 Å². The first-order valence-corrected chi connectivity index (χ1v) is 4.94. The molecule has 0 spiro atoms. The lowest BCUT2D eigenvalue weighted by molar-refractivity contribution is 0.0598. The first-order valence-electron chi connectivity index (χ1n) is 4.15. The molecule has 0 aliphatic heterocycles. The second kappa shape index (κ2) is 4.91. The Morgan fingerprint density at radius 3 is 2.80 bits per heavy atom. The van der Waals surface area contributed by atoms with Gasteiger partial charge in [-0.3, -0.25) is 0 Å². The van der Waals surface area contributed by atoms with Crippen LogP contribution in [0.1, 0.15) is 21.5 Å². The Hall–Kier alpha value is -1.38. The molecular weight excluding hydrogens is 260 g/mol. The third-order valence-electron chi connectivity index (χ3n) is 1.91. The Morgan fingerprint density at radius 1 is 1.67 bits per heavy atom. The van der Waals surface area contributed by atoms with Crippen LogP contribution in [-0.2, 0) is 11.3 Å². The quantitative estimate of drug-likeness (QED) is 0.827. The molecule has 5 heteroatoms. The maximum Gasteiger partial charge on any atom is 0.339 e. The highest BCUT2D eigenvalue weighted by molar-refractivity contribution is 9.10. The van der Waals surface area contributed by atoms with E-state index >= 15 is 0 Å². The van der Waals surface area contributed by atoms with E-state index in [-0.39, 0.29) is 6.54 Å². The number of nitrogens with two attached hydrogens (primary N) is 1. The molecule has 0 radical (unpaired) electrons. The highest BCUT2D eigenvalue weighted by atomic mass is 79.9. The summed E-state index contributed by atoms with van der Waals surface area (Å²) in [7, 11) is 1.30. The molecule has 0 aliphatic carbocycles. The van der Waals surface area contributed by atoms with Gasteiger partial charge < -0.3 is 10.5 Å². The van der Waals surface area contributed by atoms with Gasteiger partial charge in [-0.05, 0) is 33.6 Å². The van der Waals surface area contributed by atoms with Gasteiger partial charge in [0.15, 0.2) is 0 Å². The van der Waals surface area contributed by atoms with Crippen LogP contribution >= 0.6 is 15.9 Å².